The van der Waals surface area contributed by atoms with Crippen LogP contribution in [0.15, 0.2) is 59.6 Å². The number of nitrogens with zero attached hydrogens (tertiary/aromatic N) is 4. The van der Waals surface area contributed by atoms with E-state index in [1.807, 2.05) is 47.5 Å². The van der Waals surface area contributed by atoms with Crippen molar-refractivity contribution in [2.24, 2.45) is 0 Å². The molecule has 0 saturated carbocycles. The summed E-state index contributed by atoms with van der Waals surface area (Å²) >= 11 is 3.21. The SMILES string of the molecule is C1=Cc2nc1cc1ccc([nH]1)c(-c1nccs1)c1nc(cc3ccc([nH]3)c2-c2nccs2)C=C1. The number of H-pyrrole nitrogens is 2. The summed E-state index contributed by atoms with van der Waals surface area (Å²) in [7, 11) is 0. The molecule has 7 heterocycles. The average molecular weight is 477 g/mol. The van der Waals surface area contributed by atoms with Crippen molar-refractivity contribution in [2.45, 2.75) is 0 Å². The Kier molecular flexibility index (Phi) is 4.39. The fourth-order valence-corrected chi connectivity index (χ4v) is 5.63. The maximum absolute atomic E-state index is 4.92. The van der Waals surface area contributed by atoms with Gasteiger partial charge in [-0.1, -0.05) is 0 Å². The first kappa shape index (κ1) is 19.3. The molecule has 0 saturated heterocycles. The molecule has 0 aliphatic carbocycles. The predicted octanol–water partition coefficient (Wildman–Crippen LogP) is 6.90. The molecule has 5 aromatic rings. The topological polar surface area (TPSA) is 83.1 Å². The summed E-state index contributed by atoms with van der Waals surface area (Å²) in [5.41, 5.74) is 9.40. The number of aromatic amines is 2. The van der Waals surface area contributed by atoms with Crippen molar-refractivity contribution in [2.75, 3.05) is 0 Å². The van der Waals surface area contributed by atoms with E-state index in [9.17, 15) is 0 Å². The summed E-state index contributed by atoms with van der Waals surface area (Å²) < 4.78 is 0. The van der Waals surface area contributed by atoms with Crippen LogP contribution in [-0.2, 0) is 0 Å². The lowest BCUT2D eigenvalue weighted by molar-refractivity contribution is 1.30. The first-order valence-corrected chi connectivity index (χ1v) is 12.5. The highest BCUT2D eigenvalue weighted by atomic mass is 32.1. The fourth-order valence-electron chi connectivity index (χ4n) is 4.22. The van der Waals surface area contributed by atoms with Crippen LogP contribution >= 0.6 is 22.7 Å². The first-order chi connectivity index (χ1) is 16.8. The molecular formula is C26H16N6S2. The number of fused-ring (bicyclic) bond motifs is 8. The second kappa shape index (κ2) is 7.72. The minimum Gasteiger partial charge on any atom is -0.355 e. The molecule has 8 bridgehead atoms. The van der Waals surface area contributed by atoms with Gasteiger partial charge in [-0.3, -0.25) is 0 Å². The molecular weight excluding hydrogens is 460 g/mol. The monoisotopic (exact) mass is 476 g/mol. The third kappa shape index (κ3) is 3.32. The van der Waals surface area contributed by atoms with E-state index in [-0.39, 0.29) is 0 Å². The molecule has 0 radical (unpaired) electrons. The molecule has 0 unspecified atom stereocenters. The van der Waals surface area contributed by atoms with Gasteiger partial charge in [0, 0.05) is 34.2 Å². The van der Waals surface area contributed by atoms with Gasteiger partial charge >= 0.3 is 0 Å². The van der Waals surface area contributed by atoms with Crippen molar-refractivity contribution in [3.05, 3.63) is 82.3 Å². The van der Waals surface area contributed by atoms with Gasteiger partial charge in [-0.2, -0.15) is 0 Å². The molecule has 0 fully saturated rings. The smallest absolute Gasteiger partial charge is 0.127 e. The Morgan fingerprint density at radius 2 is 1.09 bits per heavy atom. The maximum Gasteiger partial charge on any atom is 0.127 e. The summed E-state index contributed by atoms with van der Waals surface area (Å²) in [5, 5.41) is 5.83. The number of rotatable bonds is 2. The lowest BCUT2D eigenvalue weighted by Gasteiger charge is -1.99. The van der Waals surface area contributed by atoms with Crippen LogP contribution < -0.4 is 0 Å². The largest absolute Gasteiger partial charge is 0.355 e. The first-order valence-electron chi connectivity index (χ1n) is 10.7. The second-order valence-corrected chi connectivity index (χ2v) is 9.67. The van der Waals surface area contributed by atoms with E-state index in [0.717, 1.165) is 66.0 Å². The van der Waals surface area contributed by atoms with Crippen molar-refractivity contribution in [1.82, 2.24) is 29.9 Å². The summed E-state index contributed by atoms with van der Waals surface area (Å²) in [6.07, 6.45) is 11.8. The summed E-state index contributed by atoms with van der Waals surface area (Å²) in [5.74, 6) is 0. The van der Waals surface area contributed by atoms with Gasteiger partial charge in [0.05, 0.1) is 44.9 Å². The van der Waals surface area contributed by atoms with E-state index >= 15 is 0 Å². The van der Waals surface area contributed by atoms with Crippen LogP contribution in [0.3, 0.4) is 0 Å². The van der Waals surface area contributed by atoms with Crippen LogP contribution in [-0.4, -0.2) is 29.9 Å². The molecule has 8 heteroatoms. The second-order valence-electron chi connectivity index (χ2n) is 7.88. The Balaban J connectivity index is 1.60. The fraction of sp³-hybridized carbons (Fsp3) is 0. The van der Waals surface area contributed by atoms with Crippen LogP contribution in [0.5, 0.6) is 0 Å². The third-order valence-electron chi connectivity index (χ3n) is 5.69. The van der Waals surface area contributed by atoms with Gasteiger partial charge in [0.2, 0.25) is 0 Å². The highest BCUT2D eigenvalue weighted by molar-refractivity contribution is 7.13. The highest BCUT2D eigenvalue weighted by Gasteiger charge is 2.14. The van der Waals surface area contributed by atoms with Gasteiger partial charge < -0.3 is 9.97 Å². The predicted molar refractivity (Wildman–Crippen MR) is 141 cm³/mol. The van der Waals surface area contributed by atoms with Crippen molar-refractivity contribution in [1.29, 1.82) is 0 Å². The molecule has 34 heavy (non-hydrogen) atoms. The Morgan fingerprint density at radius 1 is 0.588 bits per heavy atom. The molecule has 162 valence electrons. The lowest BCUT2D eigenvalue weighted by atomic mass is 10.2. The molecule has 5 aromatic heterocycles. The zero-order chi connectivity index (χ0) is 22.5. The van der Waals surface area contributed by atoms with Crippen LogP contribution in [0, 0.1) is 0 Å². The molecule has 7 rings (SSSR count). The Morgan fingerprint density at radius 3 is 1.53 bits per heavy atom. The highest BCUT2D eigenvalue weighted by Crippen LogP contribution is 2.33. The van der Waals surface area contributed by atoms with E-state index in [1.54, 1.807) is 22.7 Å². The zero-order valence-corrected chi connectivity index (χ0v) is 19.3. The molecule has 0 amide bonds. The molecule has 6 nitrogen and oxygen atoms in total. The molecule has 0 spiro atoms. The van der Waals surface area contributed by atoms with Gasteiger partial charge in [0.15, 0.2) is 0 Å². The molecule has 0 atom stereocenters. The van der Waals surface area contributed by atoms with Gasteiger partial charge in [-0.25, -0.2) is 19.9 Å². The standard InChI is InChI=1S/C26H16N6S2/c1-5-19-23(25-27-9-11-33-25)20-7-3-17(31-20)14-18-4-8-22(32-18)24(26-28-10-12-34-26)21-6-2-16(30-21)13-15(1)29-19/h1-14,29,32H. The van der Waals surface area contributed by atoms with Gasteiger partial charge in [-0.15, -0.1) is 22.7 Å². The van der Waals surface area contributed by atoms with Crippen molar-refractivity contribution < 1.29 is 0 Å². The van der Waals surface area contributed by atoms with Crippen molar-refractivity contribution in [3.63, 3.8) is 0 Å². The van der Waals surface area contributed by atoms with Crippen molar-refractivity contribution in [3.8, 4) is 21.1 Å². The van der Waals surface area contributed by atoms with Crippen molar-refractivity contribution >= 4 is 69.0 Å². The number of thiazole rings is 2. The van der Waals surface area contributed by atoms with E-state index < -0.39 is 0 Å². The molecule has 2 aliphatic rings. The minimum absolute atomic E-state index is 0.882. The van der Waals surface area contributed by atoms with Crippen LogP contribution in [0.1, 0.15) is 22.8 Å². The molecule has 2 aliphatic heterocycles. The minimum atomic E-state index is 0.882. The number of hydrogen-bond donors (Lipinski definition) is 2. The normalized spacial score (nSPS) is 12.5. The number of aromatic nitrogens is 6. The van der Waals surface area contributed by atoms with Crippen LogP contribution in [0.25, 0.3) is 67.5 Å². The van der Waals surface area contributed by atoms with E-state index in [0.29, 0.717) is 0 Å². The van der Waals surface area contributed by atoms with Gasteiger partial charge in [0.1, 0.15) is 10.0 Å². The molecule has 2 N–H and O–H groups in total. The Labute approximate surface area is 202 Å². The summed E-state index contributed by atoms with van der Waals surface area (Å²) in [6, 6.07) is 12.4. The van der Waals surface area contributed by atoms with E-state index in [4.69, 9.17) is 9.97 Å². The quantitative estimate of drug-likeness (QED) is 0.284. The lowest BCUT2D eigenvalue weighted by Crippen LogP contribution is -1.85. The zero-order valence-electron chi connectivity index (χ0n) is 17.7. The average Bonchev–Trinajstić information content (AvgIpc) is 3.67. The van der Waals surface area contributed by atoms with E-state index in [1.165, 1.54) is 0 Å². The Hall–Kier alpha value is -4.14. The summed E-state index contributed by atoms with van der Waals surface area (Å²) in [4.78, 5) is 26.0. The summed E-state index contributed by atoms with van der Waals surface area (Å²) in [6.45, 7) is 0. The number of hydrogen-bond acceptors (Lipinski definition) is 6. The number of nitrogens with one attached hydrogen (secondary N) is 2. The van der Waals surface area contributed by atoms with Gasteiger partial charge in [0.25, 0.3) is 0 Å². The Bertz CT molecular complexity index is 1620. The van der Waals surface area contributed by atoms with Crippen LogP contribution in [0.2, 0.25) is 0 Å². The van der Waals surface area contributed by atoms with Gasteiger partial charge in [-0.05, 0) is 60.7 Å². The van der Waals surface area contributed by atoms with E-state index in [2.05, 4.69) is 56.3 Å². The van der Waals surface area contributed by atoms with Crippen LogP contribution in [0.4, 0.5) is 0 Å². The third-order valence-corrected chi connectivity index (χ3v) is 7.27. The maximum atomic E-state index is 4.92. The molecule has 0 aromatic carbocycles.